The van der Waals surface area contributed by atoms with Crippen molar-refractivity contribution in [2.24, 2.45) is 0 Å². The number of carbonyl (C=O) groups excluding carboxylic acids is 1. The Morgan fingerprint density at radius 1 is 1.10 bits per heavy atom. The van der Waals surface area contributed by atoms with E-state index in [9.17, 15) is 18.0 Å². The number of nitrogens with one attached hydrogen (secondary N) is 1. The number of likely N-dealkylation sites (tertiary alicyclic amines) is 1. The van der Waals surface area contributed by atoms with Crippen molar-refractivity contribution in [1.82, 2.24) is 4.90 Å². The Bertz CT molecular complexity index is 968. The molecule has 2 aliphatic rings. The van der Waals surface area contributed by atoms with Gasteiger partial charge in [0.2, 0.25) is 5.91 Å². The van der Waals surface area contributed by atoms with Crippen LogP contribution >= 0.6 is 11.6 Å². The van der Waals surface area contributed by atoms with Crippen molar-refractivity contribution in [3.63, 3.8) is 0 Å². The SMILES string of the molecule is O=C(CN1CCCC1c1ccc2c(c1)OCCCO2)Nc1ccc(Cl)cc1C(F)(F)F. The van der Waals surface area contributed by atoms with Crippen LogP contribution < -0.4 is 14.8 Å². The summed E-state index contributed by atoms with van der Waals surface area (Å²) in [5.74, 6) is 0.877. The van der Waals surface area contributed by atoms with Crippen molar-refractivity contribution >= 4 is 23.2 Å². The third-order valence-electron chi connectivity index (χ3n) is 5.43. The normalized spacial score (nSPS) is 19.2. The zero-order valence-corrected chi connectivity index (χ0v) is 17.4. The molecule has 0 spiro atoms. The Morgan fingerprint density at radius 3 is 2.65 bits per heavy atom. The number of rotatable bonds is 4. The second-order valence-electron chi connectivity index (χ2n) is 7.62. The molecule has 9 heteroatoms. The van der Waals surface area contributed by atoms with Crippen LogP contribution in [-0.4, -0.2) is 37.1 Å². The molecule has 0 bridgehead atoms. The minimum absolute atomic E-state index is 0.0148. The Balaban J connectivity index is 1.47. The van der Waals surface area contributed by atoms with Crippen molar-refractivity contribution in [2.45, 2.75) is 31.5 Å². The predicted octanol–water partition coefficient (Wildman–Crippen LogP) is 5.30. The van der Waals surface area contributed by atoms with Crippen LogP contribution in [0.2, 0.25) is 5.02 Å². The first kappa shape index (κ1) is 21.8. The van der Waals surface area contributed by atoms with Gasteiger partial charge in [0.25, 0.3) is 0 Å². The van der Waals surface area contributed by atoms with Gasteiger partial charge in [-0.3, -0.25) is 9.69 Å². The standard InChI is InChI=1S/C22H22ClF3N2O3/c23-15-5-6-17(16(12-15)22(24,25)26)27-21(29)13-28-8-1-3-18(28)14-4-7-19-20(11-14)31-10-2-9-30-19/h4-7,11-12,18H,1-3,8-10,13H2,(H,27,29). The Labute approximate surface area is 183 Å². The van der Waals surface area contributed by atoms with Gasteiger partial charge in [-0.1, -0.05) is 17.7 Å². The summed E-state index contributed by atoms with van der Waals surface area (Å²) in [6, 6.07) is 9.05. The van der Waals surface area contributed by atoms with Crippen LogP contribution in [0.1, 0.15) is 36.4 Å². The maximum atomic E-state index is 13.3. The third-order valence-corrected chi connectivity index (χ3v) is 5.66. The van der Waals surface area contributed by atoms with E-state index >= 15 is 0 Å². The van der Waals surface area contributed by atoms with Gasteiger partial charge in [-0.05, 0) is 55.3 Å². The van der Waals surface area contributed by atoms with E-state index in [-0.39, 0.29) is 23.3 Å². The topological polar surface area (TPSA) is 50.8 Å². The summed E-state index contributed by atoms with van der Waals surface area (Å²) in [5, 5.41) is 2.36. The fourth-order valence-electron chi connectivity index (χ4n) is 4.01. The van der Waals surface area contributed by atoms with Crippen molar-refractivity contribution in [1.29, 1.82) is 0 Å². The number of fused-ring (bicyclic) bond motifs is 1. The lowest BCUT2D eigenvalue weighted by Crippen LogP contribution is -2.33. The molecule has 2 heterocycles. The summed E-state index contributed by atoms with van der Waals surface area (Å²) in [4.78, 5) is 14.6. The molecular weight excluding hydrogens is 433 g/mol. The number of benzene rings is 2. The zero-order valence-electron chi connectivity index (χ0n) is 16.7. The number of alkyl halides is 3. The summed E-state index contributed by atoms with van der Waals surface area (Å²) in [7, 11) is 0. The van der Waals surface area contributed by atoms with Gasteiger partial charge < -0.3 is 14.8 Å². The maximum absolute atomic E-state index is 13.3. The minimum atomic E-state index is -4.62. The van der Waals surface area contributed by atoms with Crippen molar-refractivity contribution in [3.05, 3.63) is 52.5 Å². The number of carbonyl (C=O) groups is 1. The van der Waals surface area contributed by atoms with Crippen molar-refractivity contribution in [2.75, 3.05) is 31.6 Å². The smallest absolute Gasteiger partial charge is 0.418 e. The maximum Gasteiger partial charge on any atom is 0.418 e. The van der Waals surface area contributed by atoms with E-state index in [2.05, 4.69) is 5.32 Å². The van der Waals surface area contributed by atoms with Crippen LogP contribution in [0.5, 0.6) is 11.5 Å². The Hall–Kier alpha value is -2.45. The van der Waals surface area contributed by atoms with Crippen molar-refractivity contribution in [3.8, 4) is 11.5 Å². The van der Waals surface area contributed by atoms with E-state index in [1.807, 2.05) is 23.1 Å². The monoisotopic (exact) mass is 454 g/mol. The van der Waals surface area contributed by atoms with Crippen LogP contribution in [0.3, 0.4) is 0 Å². The van der Waals surface area contributed by atoms with Gasteiger partial charge in [0.15, 0.2) is 11.5 Å². The predicted molar refractivity (Wildman–Crippen MR) is 111 cm³/mol. The molecule has 0 aromatic heterocycles. The van der Waals surface area contributed by atoms with Crippen LogP contribution in [-0.2, 0) is 11.0 Å². The molecule has 2 aromatic carbocycles. The van der Waals surface area contributed by atoms with Gasteiger partial charge in [-0.15, -0.1) is 0 Å². The molecule has 5 nitrogen and oxygen atoms in total. The van der Waals surface area contributed by atoms with E-state index in [0.29, 0.717) is 31.3 Å². The van der Waals surface area contributed by atoms with E-state index in [4.69, 9.17) is 21.1 Å². The Kier molecular flexibility index (Phi) is 6.29. The second-order valence-corrected chi connectivity index (χ2v) is 8.06. The zero-order chi connectivity index (χ0) is 22.0. The van der Waals surface area contributed by atoms with E-state index in [1.54, 1.807) is 0 Å². The van der Waals surface area contributed by atoms with Gasteiger partial charge in [0, 0.05) is 17.5 Å². The van der Waals surface area contributed by atoms with Gasteiger partial charge in [0.1, 0.15) is 0 Å². The molecule has 0 radical (unpaired) electrons. The fourth-order valence-corrected chi connectivity index (χ4v) is 4.19. The van der Waals surface area contributed by atoms with E-state index < -0.39 is 17.6 Å². The highest BCUT2D eigenvalue weighted by Crippen LogP contribution is 2.39. The summed E-state index contributed by atoms with van der Waals surface area (Å²) in [6.45, 7) is 1.85. The summed E-state index contributed by atoms with van der Waals surface area (Å²) in [5.41, 5.74) is -0.264. The molecule has 166 valence electrons. The first-order valence-electron chi connectivity index (χ1n) is 10.1. The number of halogens is 4. The molecule has 31 heavy (non-hydrogen) atoms. The number of ether oxygens (including phenoxy) is 2. The van der Waals surface area contributed by atoms with Crippen LogP contribution in [0.15, 0.2) is 36.4 Å². The molecule has 0 aliphatic carbocycles. The molecular formula is C22H22ClF3N2O3. The second kappa shape index (κ2) is 8.96. The van der Waals surface area contributed by atoms with Gasteiger partial charge in [-0.2, -0.15) is 13.2 Å². The lowest BCUT2D eigenvalue weighted by Gasteiger charge is -2.25. The van der Waals surface area contributed by atoms with Crippen LogP contribution in [0.25, 0.3) is 0 Å². The number of hydrogen-bond acceptors (Lipinski definition) is 4. The molecule has 0 saturated carbocycles. The molecule has 1 saturated heterocycles. The molecule has 2 aromatic rings. The van der Waals surface area contributed by atoms with Gasteiger partial charge in [-0.25, -0.2) is 0 Å². The highest BCUT2D eigenvalue weighted by Gasteiger charge is 2.35. The number of anilines is 1. The Morgan fingerprint density at radius 2 is 1.87 bits per heavy atom. The summed E-state index contributed by atoms with van der Waals surface area (Å²) >= 11 is 5.70. The lowest BCUT2D eigenvalue weighted by atomic mass is 10.0. The summed E-state index contributed by atoms with van der Waals surface area (Å²) in [6.07, 6.45) is -2.07. The molecule has 1 N–H and O–H groups in total. The van der Waals surface area contributed by atoms with Crippen molar-refractivity contribution < 1.29 is 27.4 Å². The average molecular weight is 455 g/mol. The highest BCUT2D eigenvalue weighted by atomic mass is 35.5. The number of nitrogens with zero attached hydrogens (tertiary/aromatic N) is 1. The van der Waals surface area contributed by atoms with E-state index in [0.717, 1.165) is 30.9 Å². The molecule has 1 unspecified atom stereocenters. The minimum Gasteiger partial charge on any atom is -0.490 e. The lowest BCUT2D eigenvalue weighted by molar-refractivity contribution is -0.137. The third kappa shape index (κ3) is 5.07. The van der Waals surface area contributed by atoms with Gasteiger partial charge in [0.05, 0.1) is 31.0 Å². The quantitative estimate of drug-likeness (QED) is 0.681. The molecule has 1 fully saturated rings. The van der Waals surface area contributed by atoms with Gasteiger partial charge >= 0.3 is 6.18 Å². The number of amides is 1. The number of hydrogen-bond donors (Lipinski definition) is 1. The first-order valence-corrected chi connectivity index (χ1v) is 10.5. The van der Waals surface area contributed by atoms with Crippen LogP contribution in [0, 0.1) is 0 Å². The van der Waals surface area contributed by atoms with E-state index in [1.165, 1.54) is 12.1 Å². The molecule has 1 atom stereocenters. The molecule has 1 amide bonds. The van der Waals surface area contributed by atoms with Crippen LogP contribution in [0.4, 0.5) is 18.9 Å². The molecule has 4 rings (SSSR count). The fraction of sp³-hybridized carbons (Fsp3) is 0.409. The molecule has 2 aliphatic heterocycles. The summed E-state index contributed by atoms with van der Waals surface area (Å²) < 4.78 is 51.3. The average Bonchev–Trinajstić information content (AvgIpc) is 3.03. The largest absolute Gasteiger partial charge is 0.490 e. The first-order chi connectivity index (χ1) is 14.8. The highest BCUT2D eigenvalue weighted by molar-refractivity contribution is 6.30.